The summed E-state index contributed by atoms with van der Waals surface area (Å²) in [5.74, 6) is 0.533. The van der Waals surface area contributed by atoms with Crippen LogP contribution in [0.1, 0.15) is 17.1 Å². The van der Waals surface area contributed by atoms with E-state index in [2.05, 4.69) is 26.6 Å². The number of benzene rings is 1. The van der Waals surface area contributed by atoms with E-state index in [1.807, 2.05) is 36.7 Å². The molecule has 0 aliphatic rings. The number of anilines is 2. The summed E-state index contributed by atoms with van der Waals surface area (Å²) in [4.78, 5) is 4.24. The third-order valence-electron chi connectivity index (χ3n) is 2.85. The molecule has 6 nitrogen and oxygen atoms in total. The molecule has 2 aromatic heterocycles. The molecule has 0 spiro atoms. The van der Waals surface area contributed by atoms with Gasteiger partial charge in [-0.2, -0.15) is 0 Å². The zero-order valence-corrected chi connectivity index (χ0v) is 11.6. The fourth-order valence-corrected chi connectivity index (χ4v) is 2.02. The summed E-state index contributed by atoms with van der Waals surface area (Å²) in [6, 6.07) is 6.51. The number of nitrogens with one attached hydrogen (secondary N) is 1. The summed E-state index contributed by atoms with van der Waals surface area (Å²) in [5.41, 5.74) is 4.04. The van der Waals surface area contributed by atoms with Gasteiger partial charge in [0.25, 0.3) is 0 Å². The van der Waals surface area contributed by atoms with Crippen LogP contribution in [-0.2, 0) is 0 Å². The van der Waals surface area contributed by atoms with Crippen molar-refractivity contribution in [3.8, 4) is 5.69 Å². The lowest BCUT2D eigenvalue weighted by Crippen LogP contribution is -1.96. The highest BCUT2D eigenvalue weighted by Gasteiger charge is 2.05. The van der Waals surface area contributed by atoms with Crippen molar-refractivity contribution >= 4 is 11.7 Å². The molecule has 0 radical (unpaired) electrons. The maximum atomic E-state index is 5.32. The van der Waals surface area contributed by atoms with Gasteiger partial charge in [-0.1, -0.05) is 5.10 Å². The Morgan fingerprint density at radius 3 is 2.60 bits per heavy atom. The van der Waals surface area contributed by atoms with Gasteiger partial charge in [-0.25, -0.2) is 4.98 Å². The van der Waals surface area contributed by atoms with Crippen molar-refractivity contribution in [2.24, 2.45) is 0 Å². The van der Waals surface area contributed by atoms with Crippen LogP contribution in [0.5, 0.6) is 0 Å². The van der Waals surface area contributed by atoms with E-state index >= 15 is 0 Å². The Morgan fingerprint density at radius 1 is 1.10 bits per heavy atom. The van der Waals surface area contributed by atoms with E-state index in [9.17, 15) is 0 Å². The van der Waals surface area contributed by atoms with Crippen LogP contribution in [0.4, 0.5) is 11.7 Å². The smallest absolute Gasteiger partial charge is 0.320 e. The van der Waals surface area contributed by atoms with Crippen LogP contribution in [-0.4, -0.2) is 19.7 Å². The highest BCUT2D eigenvalue weighted by molar-refractivity contribution is 5.58. The first kappa shape index (κ1) is 12.4. The van der Waals surface area contributed by atoms with E-state index in [0.717, 1.165) is 22.6 Å². The normalized spacial score (nSPS) is 10.8. The number of aryl methyl sites for hydroxylation is 3. The molecule has 0 amide bonds. The standard InChI is InChI=1S/C14H15N5O/c1-9-4-12(16-14-18-17-11(3)20-14)6-13(5-9)19-7-10(2)15-8-19/h4-8H,1-3H3,(H,16,18). The van der Waals surface area contributed by atoms with Crippen LogP contribution in [0.15, 0.2) is 35.1 Å². The monoisotopic (exact) mass is 269 g/mol. The van der Waals surface area contributed by atoms with E-state index < -0.39 is 0 Å². The molecular weight excluding hydrogens is 254 g/mol. The number of rotatable bonds is 3. The Kier molecular flexibility index (Phi) is 2.98. The van der Waals surface area contributed by atoms with Gasteiger partial charge < -0.3 is 14.3 Å². The van der Waals surface area contributed by atoms with E-state index in [4.69, 9.17) is 4.42 Å². The molecule has 102 valence electrons. The van der Waals surface area contributed by atoms with E-state index in [1.54, 1.807) is 13.3 Å². The second kappa shape index (κ2) is 4.80. The maximum Gasteiger partial charge on any atom is 0.320 e. The van der Waals surface area contributed by atoms with Crippen LogP contribution >= 0.6 is 0 Å². The zero-order valence-electron chi connectivity index (χ0n) is 11.6. The Labute approximate surface area is 116 Å². The Morgan fingerprint density at radius 2 is 1.95 bits per heavy atom. The predicted molar refractivity (Wildman–Crippen MR) is 75.4 cm³/mol. The van der Waals surface area contributed by atoms with Crippen molar-refractivity contribution in [2.75, 3.05) is 5.32 Å². The summed E-state index contributed by atoms with van der Waals surface area (Å²) < 4.78 is 7.30. The largest absolute Gasteiger partial charge is 0.408 e. The molecule has 20 heavy (non-hydrogen) atoms. The van der Waals surface area contributed by atoms with E-state index in [0.29, 0.717) is 11.9 Å². The van der Waals surface area contributed by atoms with Crippen LogP contribution < -0.4 is 5.32 Å². The molecule has 0 atom stereocenters. The van der Waals surface area contributed by atoms with Gasteiger partial charge in [-0.05, 0) is 37.6 Å². The second-order valence-electron chi connectivity index (χ2n) is 4.73. The molecular formula is C14H15N5O. The second-order valence-corrected chi connectivity index (χ2v) is 4.73. The lowest BCUT2D eigenvalue weighted by Gasteiger charge is -2.08. The summed E-state index contributed by atoms with van der Waals surface area (Å²) in [5, 5.41) is 10.8. The highest BCUT2D eigenvalue weighted by atomic mass is 16.4. The SMILES string of the molecule is Cc1cc(Nc2nnc(C)o2)cc(-n2cnc(C)c2)c1. The minimum Gasteiger partial charge on any atom is -0.408 e. The van der Waals surface area contributed by atoms with Gasteiger partial charge in [0.2, 0.25) is 5.89 Å². The topological polar surface area (TPSA) is 68.8 Å². The van der Waals surface area contributed by atoms with Gasteiger partial charge >= 0.3 is 6.01 Å². The van der Waals surface area contributed by atoms with Crippen molar-refractivity contribution < 1.29 is 4.42 Å². The summed E-state index contributed by atoms with van der Waals surface area (Å²) in [6.45, 7) is 5.76. The fourth-order valence-electron chi connectivity index (χ4n) is 2.02. The van der Waals surface area contributed by atoms with Gasteiger partial charge in [0.05, 0.1) is 12.0 Å². The maximum absolute atomic E-state index is 5.32. The lowest BCUT2D eigenvalue weighted by atomic mass is 10.2. The highest BCUT2D eigenvalue weighted by Crippen LogP contribution is 2.21. The molecule has 1 aromatic carbocycles. The molecule has 3 rings (SSSR count). The van der Waals surface area contributed by atoms with Gasteiger partial charge in [0.1, 0.15) is 0 Å². The molecule has 0 aliphatic heterocycles. The molecule has 0 unspecified atom stereocenters. The number of hydrogen-bond acceptors (Lipinski definition) is 5. The first-order chi connectivity index (χ1) is 9.60. The van der Waals surface area contributed by atoms with Crippen molar-refractivity contribution in [2.45, 2.75) is 20.8 Å². The van der Waals surface area contributed by atoms with Crippen molar-refractivity contribution in [3.63, 3.8) is 0 Å². The van der Waals surface area contributed by atoms with Crippen molar-refractivity contribution in [1.82, 2.24) is 19.7 Å². The summed E-state index contributed by atoms with van der Waals surface area (Å²) in [7, 11) is 0. The van der Waals surface area contributed by atoms with Crippen LogP contribution in [0.3, 0.4) is 0 Å². The summed E-state index contributed by atoms with van der Waals surface area (Å²) >= 11 is 0. The molecule has 6 heteroatoms. The summed E-state index contributed by atoms with van der Waals surface area (Å²) in [6.07, 6.45) is 3.78. The quantitative estimate of drug-likeness (QED) is 0.791. The predicted octanol–water partition coefficient (Wildman–Crippen LogP) is 2.92. The number of aromatic nitrogens is 4. The minimum atomic E-state index is 0.390. The molecule has 0 aliphatic carbocycles. The molecule has 2 heterocycles. The van der Waals surface area contributed by atoms with Gasteiger partial charge in [-0.15, -0.1) is 5.10 Å². The average molecular weight is 269 g/mol. The Bertz CT molecular complexity index is 744. The van der Waals surface area contributed by atoms with Gasteiger partial charge in [0, 0.05) is 24.5 Å². The molecule has 0 fully saturated rings. The third kappa shape index (κ3) is 2.54. The molecule has 1 N–H and O–H groups in total. The van der Waals surface area contributed by atoms with Crippen molar-refractivity contribution in [1.29, 1.82) is 0 Å². The minimum absolute atomic E-state index is 0.390. The number of imidazole rings is 1. The Balaban J connectivity index is 1.94. The fraction of sp³-hybridized carbons (Fsp3) is 0.214. The van der Waals surface area contributed by atoms with Crippen LogP contribution in [0, 0.1) is 20.8 Å². The van der Waals surface area contributed by atoms with Crippen LogP contribution in [0.25, 0.3) is 5.69 Å². The average Bonchev–Trinajstić information content (AvgIpc) is 2.98. The number of nitrogens with zero attached hydrogens (tertiary/aromatic N) is 4. The van der Waals surface area contributed by atoms with Crippen LogP contribution in [0.2, 0.25) is 0 Å². The first-order valence-corrected chi connectivity index (χ1v) is 6.30. The first-order valence-electron chi connectivity index (χ1n) is 6.30. The van der Waals surface area contributed by atoms with E-state index in [1.165, 1.54) is 0 Å². The Hall–Kier alpha value is -2.63. The number of hydrogen-bond donors (Lipinski definition) is 1. The third-order valence-corrected chi connectivity index (χ3v) is 2.85. The molecule has 0 saturated carbocycles. The zero-order chi connectivity index (χ0) is 14.1. The lowest BCUT2D eigenvalue weighted by molar-refractivity contribution is 0.535. The molecule has 0 bridgehead atoms. The molecule has 0 saturated heterocycles. The van der Waals surface area contributed by atoms with Gasteiger partial charge in [-0.3, -0.25) is 0 Å². The van der Waals surface area contributed by atoms with E-state index in [-0.39, 0.29) is 0 Å². The van der Waals surface area contributed by atoms with Gasteiger partial charge in [0.15, 0.2) is 0 Å². The molecule has 3 aromatic rings. The van der Waals surface area contributed by atoms with Crippen molar-refractivity contribution in [3.05, 3.63) is 47.9 Å².